The maximum absolute atomic E-state index is 11.1. The van der Waals surface area contributed by atoms with E-state index in [0.29, 0.717) is 12.3 Å². The number of amides is 1. The molecule has 0 radical (unpaired) electrons. The first-order valence-electron chi connectivity index (χ1n) is 6.21. The summed E-state index contributed by atoms with van der Waals surface area (Å²) in [6.45, 7) is 0.817. The fraction of sp³-hybridized carbons (Fsp3) is 0.500. The Labute approximate surface area is 96.1 Å². The Morgan fingerprint density at radius 3 is 2.81 bits per heavy atom. The summed E-state index contributed by atoms with van der Waals surface area (Å²) in [6, 6.07) is 6.91. The van der Waals surface area contributed by atoms with Crippen molar-refractivity contribution in [3.05, 3.63) is 34.9 Å². The molecule has 1 heterocycles. The molecule has 2 nitrogen and oxygen atoms in total. The molecule has 1 aromatic rings. The Balaban J connectivity index is 1.82. The largest absolute Gasteiger partial charge is 0.355 e. The average molecular weight is 215 g/mol. The molecule has 1 amide bonds. The van der Waals surface area contributed by atoms with Crippen LogP contribution in [-0.2, 0) is 17.6 Å². The number of fused-ring (bicyclic) bond motifs is 1. The molecule has 1 fully saturated rings. The second kappa shape index (κ2) is 3.93. The Morgan fingerprint density at radius 2 is 2.00 bits per heavy atom. The lowest BCUT2D eigenvalue weighted by molar-refractivity contribution is -0.122. The van der Waals surface area contributed by atoms with E-state index in [2.05, 4.69) is 23.5 Å². The van der Waals surface area contributed by atoms with E-state index in [4.69, 9.17) is 0 Å². The van der Waals surface area contributed by atoms with Gasteiger partial charge in [0, 0.05) is 18.9 Å². The zero-order valence-corrected chi connectivity index (χ0v) is 9.46. The monoisotopic (exact) mass is 215 g/mol. The number of aryl methyl sites for hydroxylation is 2. The number of hydrogen-bond acceptors (Lipinski definition) is 1. The molecule has 84 valence electrons. The van der Waals surface area contributed by atoms with E-state index in [1.165, 1.54) is 36.0 Å². The van der Waals surface area contributed by atoms with Crippen molar-refractivity contribution in [2.24, 2.45) is 0 Å². The van der Waals surface area contributed by atoms with Crippen molar-refractivity contribution in [3.8, 4) is 0 Å². The van der Waals surface area contributed by atoms with Crippen molar-refractivity contribution < 1.29 is 4.79 Å². The summed E-state index contributed by atoms with van der Waals surface area (Å²) in [5.41, 5.74) is 4.48. The second-order valence-corrected chi connectivity index (χ2v) is 4.92. The first-order valence-corrected chi connectivity index (χ1v) is 6.21. The molecule has 1 saturated heterocycles. The smallest absolute Gasteiger partial charge is 0.220 e. The summed E-state index contributed by atoms with van der Waals surface area (Å²) in [7, 11) is 0. The summed E-state index contributed by atoms with van der Waals surface area (Å²) in [5.74, 6) is 0.737. The maximum atomic E-state index is 11.1. The van der Waals surface area contributed by atoms with Gasteiger partial charge in [0.2, 0.25) is 5.91 Å². The summed E-state index contributed by atoms with van der Waals surface area (Å²) in [6.07, 6.45) is 5.48. The van der Waals surface area contributed by atoms with Crippen LogP contribution in [0.2, 0.25) is 0 Å². The molecule has 1 aliphatic heterocycles. The summed E-state index contributed by atoms with van der Waals surface area (Å²) < 4.78 is 0. The average Bonchev–Trinajstić information content (AvgIpc) is 2.77. The van der Waals surface area contributed by atoms with Crippen LogP contribution in [0.3, 0.4) is 0 Å². The van der Waals surface area contributed by atoms with Crippen LogP contribution < -0.4 is 5.32 Å². The van der Waals surface area contributed by atoms with Gasteiger partial charge in [-0.15, -0.1) is 0 Å². The predicted octanol–water partition coefficient (Wildman–Crippen LogP) is 2.17. The number of piperidine rings is 1. The van der Waals surface area contributed by atoms with E-state index in [0.717, 1.165) is 13.0 Å². The molecule has 0 saturated carbocycles. The number of hydrogen-bond donors (Lipinski definition) is 1. The zero-order chi connectivity index (χ0) is 11.0. The fourth-order valence-corrected chi connectivity index (χ4v) is 2.86. The number of carbonyl (C=O) groups is 1. The predicted molar refractivity (Wildman–Crippen MR) is 63.5 cm³/mol. The minimum absolute atomic E-state index is 0.206. The van der Waals surface area contributed by atoms with Gasteiger partial charge in [-0.1, -0.05) is 18.2 Å². The molecule has 1 atom stereocenters. The molecular weight excluding hydrogens is 198 g/mol. The molecule has 3 rings (SSSR count). The summed E-state index contributed by atoms with van der Waals surface area (Å²) in [5, 5.41) is 2.96. The molecule has 2 heteroatoms. The van der Waals surface area contributed by atoms with Gasteiger partial charge in [0.25, 0.3) is 0 Å². The molecular formula is C14H17NO. The van der Waals surface area contributed by atoms with Crippen LogP contribution in [-0.4, -0.2) is 12.5 Å². The first kappa shape index (κ1) is 9.88. The highest BCUT2D eigenvalue weighted by atomic mass is 16.1. The molecule has 1 unspecified atom stereocenters. The summed E-state index contributed by atoms with van der Waals surface area (Å²) in [4.78, 5) is 11.1. The highest BCUT2D eigenvalue weighted by Gasteiger charge is 2.21. The van der Waals surface area contributed by atoms with E-state index >= 15 is 0 Å². The van der Waals surface area contributed by atoms with Gasteiger partial charge in [-0.05, 0) is 42.4 Å². The maximum Gasteiger partial charge on any atom is 0.220 e. The van der Waals surface area contributed by atoms with Crippen molar-refractivity contribution in [1.29, 1.82) is 0 Å². The lowest BCUT2D eigenvalue weighted by Crippen LogP contribution is -2.33. The van der Waals surface area contributed by atoms with Gasteiger partial charge < -0.3 is 5.32 Å². The van der Waals surface area contributed by atoms with Crippen molar-refractivity contribution in [1.82, 2.24) is 5.32 Å². The SMILES string of the molecule is O=C1CCC(c2ccc3c(c2)CCC3)CN1. The van der Waals surface area contributed by atoms with E-state index in [9.17, 15) is 4.79 Å². The van der Waals surface area contributed by atoms with Gasteiger partial charge in [-0.25, -0.2) is 0 Å². The van der Waals surface area contributed by atoms with Crippen LogP contribution in [0.5, 0.6) is 0 Å². The third kappa shape index (κ3) is 1.73. The second-order valence-electron chi connectivity index (χ2n) is 4.92. The van der Waals surface area contributed by atoms with Crippen LogP contribution in [0.1, 0.15) is 41.9 Å². The van der Waals surface area contributed by atoms with Gasteiger partial charge in [0.1, 0.15) is 0 Å². The molecule has 2 aliphatic rings. The van der Waals surface area contributed by atoms with Gasteiger partial charge in [-0.2, -0.15) is 0 Å². The van der Waals surface area contributed by atoms with Gasteiger partial charge >= 0.3 is 0 Å². The number of carbonyl (C=O) groups excluding carboxylic acids is 1. The Hall–Kier alpha value is -1.31. The third-order valence-corrected chi connectivity index (χ3v) is 3.86. The van der Waals surface area contributed by atoms with Crippen molar-refractivity contribution >= 4 is 5.91 Å². The minimum atomic E-state index is 0.206. The Morgan fingerprint density at radius 1 is 1.12 bits per heavy atom. The summed E-state index contributed by atoms with van der Waals surface area (Å²) >= 11 is 0. The molecule has 0 aromatic heterocycles. The normalized spacial score (nSPS) is 24.0. The molecule has 16 heavy (non-hydrogen) atoms. The quantitative estimate of drug-likeness (QED) is 0.764. The molecule has 1 aromatic carbocycles. The fourth-order valence-electron chi connectivity index (χ4n) is 2.86. The topological polar surface area (TPSA) is 29.1 Å². The number of rotatable bonds is 1. The van der Waals surface area contributed by atoms with E-state index in [-0.39, 0.29) is 5.91 Å². The zero-order valence-electron chi connectivity index (χ0n) is 9.46. The molecule has 0 bridgehead atoms. The van der Waals surface area contributed by atoms with Crippen molar-refractivity contribution in [3.63, 3.8) is 0 Å². The number of benzene rings is 1. The Bertz CT molecular complexity index is 415. The van der Waals surface area contributed by atoms with Crippen LogP contribution in [0, 0.1) is 0 Å². The van der Waals surface area contributed by atoms with Gasteiger partial charge in [0.05, 0.1) is 0 Å². The van der Waals surface area contributed by atoms with E-state index in [1.807, 2.05) is 0 Å². The van der Waals surface area contributed by atoms with Crippen molar-refractivity contribution in [2.75, 3.05) is 6.54 Å². The highest BCUT2D eigenvalue weighted by Crippen LogP contribution is 2.29. The Kier molecular flexibility index (Phi) is 2.43. The van der Waals surface area contributed by atoms with Crippen LogP contribution in [0.15, 0.2) is 18.2 Å². The van der Waals surface area contributed by atoms with Crippen LogP contribution in [0.4, 0.5) is 0 Å². The van der Waals surface area contributed by atoms with E-state index < -0.39 is 0 Å². The van der Waals surface area contributed by atoms with Crippen molar-refractivity contribution in [2.45, 2.75) is 38.0 Å². The minimum Gasteiger partial charge on any atom is -0.355 e. The van der Waals surface area contributed by atoms with Crippen LogP contribution in [0.25, 0.3) is 0 Å². The third-order valence-electron chi connectivity index (χ3n) is 3.86. The lowest BCUT2D eigenvalue weighted by Gasteiger charge is -2.23. The lowest BCUT2D eigenvalue weighted by atomic mass is 9.89. The standard InChI is InChI=1S/C14H17NO/c16-14-7-6-13(9-15-14)12-5-4-10-2-1-3-11(10)8-12/h4-5,8,13H,1-3,6-7,9H2,(H,15,16). The highest BCUT2D eigenvalue weighted by molar-refractivity contribution is 5.76. The van der Waals surface area contributed by atoms with Crippen LogP contribution >= 0.6 is 0 Å². The molecule has 0 spiro atoms. The molecule has 1 aliphatic carbocycles. The van der Waals surface area contributed by atoms with E-state index in [1.54, 1.807) is 0 Å². The molecule has 1 N–H and O–H groups in total. The van der Waals surface area contributed by atoms with Gasteiger partial charge in [-0.3, -0.25) is 4.79 Å². The number of nitrogens with one attached hydrogen (secondary N) is 1. The van der Waals surface area contributed by atoms with Gasteiger partial charge in [0.15, 0.2) is 0 Å². The first-order chi connectivity index (χ1) is 7.83.